The summed E-state index contributed by atoms with van der Waals surface area (Å²) in [6.45, 7) is 0. The van der Waals surface area contributed by atoms with Crippen LogP contribution in [0.25, 0.3) is 0 Å². The van der Waals surface area contributed by atoms with Crippen molar-refractivity contribution in [3.05, 3.63) is 30.9 Å². The lowest BCUT2D eigenvalue weighted by molar-refractivity contribution is 1.32. The molecule has 1 aromatic heterocycles. The van der Waals surface area contributed by atoms with Gasteiger partial charge in [-0.25, -0.2) is 0 Å². The fourth-order valence-electron chi connectivity index (χ4n) is 0.681. The van der Waals surface area contributed by atoms with Crippen LogP contribution >= 0.6 is 0 Å². The van der Waals surface area contributed by atoms with Crippen LogP contribution in [0.3, 0.4) is 0 Å². The number of rotatable bonds is 2. The van der Waals surface area contributed by atoms with Crippen LogP contribution in [0.15, 0.2) is 30.9 Å². The Labute approximate surface area is 64.9 Å². The molecule has 0 spiro atoms. The molecule has 1 aromatic rings. The van der Waals surface area contributed by atoms with Gasteiger partial charge >= 0.3 is 0 Å². The summed E-state index contributed by atoms with van der Waals surface area (Å²) in [5.74, 6) is 0. The molecule has 11 heavy (non-hydrogen) atoms. The summed E-state index contributed by atoms with van der Waals surface area (Å²) >= 11 is 0. The van der Waals surface area contributed by atoms with Gasteiger partial charge < -0.3 is 16.8 Å². The number of nitrogens with zero attached hydrogens (tertiary/aromatic N) is 1. The van der Waals surface area contributed by atoms with Gasteiger partial charge in [0.1, 0.15) is 0 Å². The number of nitrogens with two attached hydrogens (primary N) is 2. The molecule has 58 valence electrons. The molecule has 1 heterocycles. The second-order valence-corrected chi connectivity index (χ2v) is 2.01. The zero-order valence-electron chi connectivity index (χ0n) is 5.99. The molecule has 0 saturated heterocycles. The monoisotopic (exact) mass is 150 g/mol. The molecule has 0 atom stereocenters. The molecule has 4 heteroatoms. The number of hydrogen-bond donors (Lipinski definition) is 3. The Morgan fingerprint density at radius 2 is 2.27 bits per heavy atom. The standard InChI is InChI=1S/C7H10N4/c8-1-2-11-7-3-6(9)4-10-5-7/h1-5,11H,8-9H2/b2-1-. The van der Waals surface area contributed by atoms with E-state index in [0.29, 0.717) is 5.69 Å². The Morgan fingerprint density at radius 1 is 1.45 bits per heavy atom. The third kappa shape index (κ3) is 2.17. The van der Waals surface area contributed by atoms with E-state index in [1.54, 1.807) is 24.7 Å². The van der Waals surface area contributed by atoms with Crippen molar-refractivity contribution in [2.45, 2.75) is 0 Å². The molecule has 0 fully saturated rings. The van der Waals surface area contributed by atoms with Gasteiger partial charge in [-0.2, -0.15) is 0 Å². The van der Waals surface area contributed by atoms with E-state index in [1.165, 1.54) is 6.20 Å². The molecule has 0 bridgehead atoms. The van der Waals surface area contributed by atoms with Crippen LogP contribution in [0.5, 0.6) is 0 Å². The van der Waals surface area contributed by atoms with Crippen LogP contribution in [-0.2, 0) is 0 Å². The Morgan fingerprint density at radius 3 is 2.91 bits per heavy atom. The smallest absolute Gasteiger partial charge is 0.0587 e. The zero-order valence-corrected chi connectivity index (χ0v) is 5.99. The minimum Gasteiger partial charge on any atom is -0.403 e. The predicted octanol–water partition coefficient (Wildman–Crippen LogP) is 0.506. The number of nitrogens with one attached hydrogen (secondary N) is 1. The van der Waals surface area contributed by atoms with Gasteiger partial charge in [0.05, 0.1) is 17.6 Å². The van der Waals surface area contributed by atoms with Crippen molar-refractivity contribution in [3.8, 4) is 0 Å². The van der Waals surface area contributed by atoms with E-state index in [9.17, 15) is 0 Å². The summed E-state index contributed by atoms with van der Waals surface area (Å²) in [7, 11) is 0. The largest absolute Gasteiger partial charge is 0.403 e. The summed E-state index contributed by atoms with van der Waals surface area (Å²) < 4.78 is 0. The van der Waals surface area contributed by atoms with Crippen LogP contribution in [0.2, 0.25) is 0 Å². The van der Waals surface area contributed by atoms with Gasteiger partial charge in [0.2, 0.25) is 0 Å². The first-order valence-electron chi connectivity index (χ1n) is 3.17. The molecule has 0 amide bonds. The number of anilines is 2. The molecule has 0 saturated carbocycles. The number of hydrogen-bond acceptors (Lipinski definition) is 4. The van der Waals surface area contributed by atoms with Crippen molar-refractivity contribution in [1.82, 2.24) is 4.98 Å². The van der Waals surface area contributed by atoms with E-state index in [2.05, 4.69) is 10.3 Å². The van der Waals surface area contributed by atoms with E-state index >= 15 is 0 Å². The maximum Gasteiger partial charge on any atom is 0.0587 e. The number of aromatic nitrogens is 1. The molecule has 0 radical (unpaired) electrons. The Hall–Kier alpha value is -1.71. The number of nitrogen functional groups attached to an aromatic ring is 1. The highest BCUT2D eigenvalue weighted by molar-refractivity contribution is 5.52. The van der Waals surface area contributed by atoms with Crippen molar-refractivity contribution in [3.63, 3.8) is 0 Å². The van der Waals surface area contributed by atoms with Crippen molar-refractivity contribution in [2.75, 3.05) is 11.1 Å². The molecule has 0 aliphatic carbocycles. The second-order valence-electron chi connectivity index (χ2n) is 2.01. The maximum atomic E-state index is 5.47. The predicted molar refractivity (Wildman–Crippen MR) is 45.6 cm³/mol. The molecule has 0 aromatic carbocycles. The molecular weight excluding hydrogens is 140 g/mol. The average Bonchev–Trinajstić information content (AvgIpc) is 2.01. The van der Waals surface area contributed by atoms with Crippen LogP contribution < -0.4 is 16.8 Å². The Balaban J connectivity index is 2.71. The fraction of sp³-hybridized carbons (Fsp3) is 0. The molecule has 1 rings (SSSR count). The molecule has 4 nitrogen and oxygen atoms in total. The summed E-state index contributed by atoms with van der Waals surface area (Å²) in [5, 5.41) is 2.89. The van der Waals surface area contributed by atoms with E-state index < -0.39 is 0 Å². The third-order valence-electron chi connectivity index (χ3n) is 1.11. The van der Waals surface area contributed by atoms with Gasteiger partial charge in [-0.3, -0.25) is 4.98 Å². The molecular formula is C7H10N4. The second kappa shape index (κ2) is 3.46. The zero-order chi connectivity index (χ0) is 8.10. The highest BCUT2D eigenvalue weighted by Crippen LogP contribution is 2.08. The van der Waals surface area contributed by atoms with Gasteiger partial charge in [0, 0.05) is 18.6 Å². The minimum absolute atomic E-state index is 0.625. The Kier molecular flexibility index (Phi) is 2.32. The van der Waals surface area contributed by atoms with Crippen LogP contribution in [0, 0.1) is 0 Å². The Bertz CT molecular complexity index is 256. The SMILES string of the molecule is N/C=C\Nc1cncc(N)c1. The topological polar surface area (TPSA) is 77.0 Å². The molecule has 5 N–H and O–H groups in total. The van der Waals surface area contributed by atoms with Crippen molar-refractivity contribution >= 4 is 11.4 Å². The summed E-state index contributed by atoms with van der Waals surface area (Å²) in [5.41, 5.74) is 12.0. The van der Waals surface area contributed by atoms with Gasteiger partial charge in [0.25, 0.3) is 0 Å². The quantitative estimate of drug-likeness (QED) is 0.574. The van der Waals surface area contributed by atoms with Gasteiger partial charge in [0.15, 0.2) is 0 Å². The lowest BCUT2D eigenvalue weighted by atomic mass is 10.4. The van der Waals surface area contributed by atoms with Gasteiger partial charge in [-0.1, -0.05) is 0 Å². The summed E-state index contributed by atoms with van der Waals surface area (Å²) in [6.07, 6.45) is 6.26. The minimum atomic E-state index is 0.625. The van der Waals surface area contributed by atoms with Crippen LogP contribution in [0.4, 0.5) is 11.4 Å². The van der Waals surface area contributed by atoms with E-state index in [1.807, 2.05) is 0 Å². The van der Waals surface area contributed by atoms with Crippen molar-refractivity contribution in [1.29, 1.82) is 0 Å². The maximum absolute atomic E-state index is 5.47. The first-order valence-corrected chi connectivity index (χ1v) is 3.17. The lowest BCUT2D eigenvalue weighted by Gasteiger charge is -1.99. The van der Waals surface area contributed by atoms with Crippen LogP contribution in [-0.4, -0.2) is 4.98 Å². The highest BCUT2D eigenvalue weighted by Gasteiger charge is 1.88. The lowest BCUT2D eigenvalue weighted by Crippen LogP contribution is -1.92. The first kappa shape index (κ1) is 7.40. The van der Waals surface area contributed by atoms with Crippen molar-refractivity contribution < 1.29 is 0 Å². The van der Waals surface area contributed by atoms with E-state index in [-0.39, 0.29) is 0 Å². The number of pyridine rings is 1. The highest BCUT2D eigenvalue weighted by atomic mass is 14.9. The summed E-state index contributed by atoms with van der Waals surface area (Å²) in [6, 6.07) is 1.77. The molecule has 0 aliphatic rings. The van der Waals surface area contributed by atoms with E-state index in [4.69, 9.17) is 11.5 Å². The van der Waals surface area contributed by atoms with Gasteiger partial charge in [-0.15, -0.1) is 0 Å². The molecule has 0 unspecified atom stereocenters. The average molecular weight is 150 g/mol. The first-order chi connectivity index (χ1) is 5.33. The summed E-state index contributed by atoms with van der Waals surface area (Å²) in [4.78, 5) is 3.87. The van der Waals surface area contributed by atoms with E-state index in [0.717, 1.165) is 5.69 Å². The van der Waals surface area contributed by atoms with Gasteiger partial charge in [-0.05, 0) is 6.07 Å². The van der Waals surface area contributed by atoms with Crippen molar-refractivity contribution in [2.24, 2.45) is 5.73 Å². The third-order valence-corrected chi connectivity index (χ3v) is 1.11. The fourth-order valence-corrected chi connectivity index (χ4v) is 0.681. The van der Waals surface area contributed by atoms with Crippen LogP contribution in [0.1, 0.15) is 0 Å². The molecule has 0 aliphatic heterocycles. The normalized spacial score (nSPS) is 10.2.